The van der Waals surface area contributed by atoms with Gasteiger partial charge in [0.1, 0.15) is 13.2 Å². The normalized spacial score (nSPS) is 13.1. The SMILES string of the molecule is CC(C)(CCC(O)CCC(O)CCCCC(=O)OCc1ccccc1)CC(=O)OCc1ccccc1. The van der Waals surface area contributed by atoms with Gasteiger partial charge in [-0.3, -0.25) is 9.59 Å². The summed E-state index contributed by atoms with van der Waals surface area (Å²) < 4.78 is 10.6. The van der Waals surface area contributed by atoms with Crippen LogP contribution in [0.15, 0.2) is 60.7 Å². The van der Waals surface area contributed by atoms with Crippen LogP contribution in [0.1, 0.15) is 82.8 Å². The third-order valence-electron chi connectivity index (χ3n) is 6.26. The lowest BCUT2D eigenvalue weighted by molar-refractivity contribution is -0.147. The average molecular weight is 499 g/mol. The molecule has 0 heterocycles. The van der Waals surface area contributed by atoms with Crippen molar-refractivity contribution >= 4 is 11.9 Å². The molecule has 0 bridgehead atoms. The second kappa shape index (κ2) is 16.1. The van der Waals surface area contributed by atoms with Crippen molar-refractivity contribution in [1.29, 1.82) is 0 Å². The number of rotatable bonds is 17. The van der Waals surface area contributed by atoms with Gasteiger partial charge in [-0.15, -0.1) is 0 Å². The summed E-state index contributed by atoms with van der Waals surface area (Å²) in [6.07, 6.45) is 3.89. The molecule has 36 heavy (non-hydrogen) atoms. The topological polar surface area (TPSA) is 93.1 Å². The molecular weight excluding hydrogens is 456 g/mol. The Labute approximate surface area is 215 Å². The van der Waals surface area contributed by atoms with E-state index in [1.165, 1.54) is 0 Å². The Morgan fingerprint density at radius 2 is 1.22 bits per heavy atom. The molecule has 0 radical (unpaired) electrons. The minimum absolute atomic E-state index is 0.227. The van der Waals surface area contributed by atoms with Crippen LogP contribution < -0.4 is 0 Å². The Morgan fingerprint density at radius 1 is 0.722 bits per heavy atom. The number of hydrogen-bond acceptors (Lipinski definition) is 6. The Kier molecular flexibility index (Phi) is 13.2. The van der Waals surface area contributed by atoms with Gasteiger partial charge in [-0.05, 0) is 55.1 Å². The fraction of sp³-hybridized carbons (Fsp3) is 0.533. The van der Waals surface area contributed by atoms with E-state index in [-0.39, 0.29) is 30.6 Å². The van der Waals surface area contributed by atoms with Gasteiger partial charge < -0.3 is 19.7 Å². The van der Waals surface area contributed by atoms with Crippen molar-refractivity contribution in [2.45, 2.75) is 97.1 Å². The van der Waals surface area contributed by atoms with Crippen LogP contribution in [0.3, 0.4) is 0 Å². The number of aliphatic hydroxyl groups is 2. The van der Waals surface area contributed by atoms with Crippen molar-refractivity contribution in [2.24, 2.45) is 5.41 Å². The molecule has 0 aliphatic rings. The summed E-state index contributed by atoms with van der Waals surface area (Å²) in [5.74, 6) is -0.465. The molecule has 2 N–H and O–H groups in total. The van der Waals surface area contributed by atoms with E-state index in [1.54, 1.807) is 0 Å². The summed E-state index contributed by atoms with van der Waals surface area (Å²) in [5.41, 5.74) is 1.65. The molecular formula is C30H42O6. The van der Waals surface area contributed by atoms with Gasteiger partial charge >= 0.3 is 11.9 Å². The van der Waals surface area contributed by atoms with Crippen LogP contribution in [0.2, 0.25) is 0 Å². The van der Waals surface area contributed by atoms with Crippen LogP contribution >= 0.6 is 0 Å². The fourth-order valence-electron chi connectivity index (χ4n) is 3.96. The van der Waals surface area contributed by atoms with Gasteiger partial charge in [-0.25, -0.2) is 0 Å². The zero-order valence-corrected chi connectivity index (χ0v) is 21.7. The second-order valence-electron chi connectivity index (χ2n) is 10.3. The molecule has 198 valence electrons. The molecule has 0 amide bonds. The standard InChI is InChI=1S/C30H42O6/c1-30(2,21-29(34)36-23-25-13-7-4-8-14-25)20-19-27(32)18-17-26(31)15-9-10-16-28(33)35-22-24-11-5-3-6-12-24/h3-8,11-14,26-27,31-32H,9-10,15-23H2,1-2H3. The molecule has 2 atom stereocenters. The van der Waals surface area contributed by atoms with Gasteiger partial charge in [0.05, 0.1) is 18.6 Å². The van der Waals surface area contributed by atoms with E-state index < -0.39 is 12.2 Å². The molecule has 6 nitrogen and oxygen atoms in total. The van der Waals surface area contributed by atoms with E-state index in [2.05, 4.69) is 0 Å². The van der Waals surface area contributed by atoms with E-state index in [4.69, 9.17) is 9.47 Å². The first kappa shape index (κ1) is 29.5. The smallest absolute Gasteiger partial charge is 0.306 e. The molecule has 0 spiro atoms. The maximum absolute atomic E-state index is 12.2. The Bertz CT molecular complexity index is 881. The average Bonchev–Trinajstić information content (AvgIpc) is 2.87. The van der Waals surface area contributed by atoms with Crippen molar-refractivity contribution in [3.8, 4) is 0 Å². The molecule has 0 saturated heterocycles. The van der Waals surface area contributed by atoms with Crippen molar-refractivity contribution in [3.05, 3.63) is 71.8 Å². The lowest BCUT2D eigenvalue weighted by Gasteiger charge is -2.25. The minimum Gasteiger partial charge on any atom is -0.461 e. The van der Waals surface area contributed by atoms with Crippen molar-refractivity contribution in [1.82, 2.24) is 0 Å². The fourth-order valence-corrected chi connectivity index (χ4v) is 3.96. The lowest BCUT2D eigenvalue weighted by atomic mass is 9.83. The van der Waals surface area contributed by atoms with E-state index in [0.29, 0.717) is 51.4 Å². The van der Waals surface area contributed by atoms with Gasteiger partial charge in [-0.2, -0.15) is 0 Å². The molecule has 2 aromatic rings. The van der Waals surface area contributed by atoms with Crippen molar-refractivity contribution < 1.29 is 29.3 Å². The zero-order valence-electron chi connectivity index (χ0n) is 21.7. The van der Waals surface area contributed by atoms with Gasteiger partial charge in [0.15, 0.2) is 0 Å². The van der Waals surface area contributed by atoms with Crippen LogP contribution in [0.5, 0.6) is 0 Å². The molecule has 0 saturated carbocycles. The predicted molar refractivity (Wildman–Crippen MR) is 140 cm³/mol. The number of ether oxygens (including phenoxy) is 2. The van der Waals surface area contributed by atoms with Crippen LogP contribution in [0.4, 0.5) is 0 Å². The number of esters is 2. The second-order valence-corrected chi connectivity index (χ2v) is 10.3. The van der Waals surface area contributed by atoms with Gasteiger partial charge in [0.25, 0.3) is 0 Å². The van der Waals surface area contributed by atoms with Crippen molar-refractivity contribution in [2.75, 3.05) is 0 Å². The Hall–Kier alpha value is -2.70. The first-order chi connectivity index (χ1) is 17.2. The summed E-state index contributed by atoms with van der Waals surface area (Å²) in [6, 6.07) is 19.2. The number of carbonyl (C=O) groups is 2. The molecule has 2 unspecified atom stereocenters. The summed E-state index contributed by atoms with van der Waals surface area (Å²) in [4.78, 5) is 24.1. The Balaban J connectivity index is 1.51. The molecule has 2 aromatic carbocycles. The third-order valence-corrected chi connectivity index (χ3v) is 6.26. The molecule has 6 heteroatoms. The van der Waals surface area contributed by atoms with E-state index in [0.717, 1.165) is 17.5 Å². The first-order valence-electron chi connectivity index (χ1n) is 13.0. The van der Waals surface area contributed by atoms with Gasteiger partial charge in [0.2, 0.25) is 0 Å². The highest BCUT2D eigenvalue weighted by atomic mass is 16.5. The van der Waals surface area contributed by atoms with Crippen molar-refractivity contribution in [3.63, 3.8) is 0 Å². The number of aliphatic hydroxyl groups excluding tert-OH is 2. The van der Waals surface area contributed by atoms with E-state index >= 15 is 0 Å². The number of benzene rings is 2. The van der Waals surface area contributed by atoms with Gasteiger partial charge in [0, 0.05) is 6.42 Å². The number of unbranched alkanes of at least 4 members (excludes halogenated alkanes) is 1. The van der Waals surface area contributed by atoms with E-state index in [1.807, 2.05) is 74.5 Å². The summed E-state index contributed by atoms with van der Waals surface area (Å²) in [7, 11) is 0. The number of carbonyl (C=O) groups excluding carboxylic acids is 2. The summed E-state index contributed by atoms with van der Waals surface area (Å²) >= 11 is 0. The first-order valence-corrected chi connectivity index (χ1v) is 13.0. The van der Waals surface area contributed by atoms with Crippen LogP contribution in [-0.4, -0.2) is 34.4 Å². The van der Waals surface area contributed by atoms with Crippen LogP contribution in [0, 0.1) is 5.41 Å². The largest absolute Gasteiger partial charge is 0.461 e. The minimum atomic E-state index is -0.521. The van der Waals surface area contributed by atoms with Gasteiger partial charge in [-0.1, -0.05) is 80.9 Å². The third kappa shape index (κ3) is 13.4. The Morgan fingerprint density at radius 3 is 1.78 bits per heavy atom. The number of hydrogen-bond donors (Lipinski definition) is 2. The lowest BCUT2D eigenvalue weighted by Crippen LogP contribution is -2.22. The summed E-state index contributed by atoms with van der Waals surface area (Å²) in [5, 5.41) is 20.6. The maximum atomic E-state index is 12.2. The monoisotopic (exact) mass is 498 g/mol. The highest BCUT2D eigenvalue weighted by Crippen LogP contribution is 2.29. The zero-order chi connectivity index (χ0) is 26.2. The predicted octanol–water partition coefficient (Wildman–Crippen LogP) is 5.73. The quantitative estimate of drug-likeness (QED) is 0.214. The molecule has 0 aromatic heterocycles. The summed E-state index contributed by atoms with van der Waals surface area (Å²) in [6.45, 7) is 4.56. The molecule has 0 aliphatic carbocycles. The maximum Gasteiger partial charge on any atom is 0.306 e. The highest BCUT2D eigenvalue weighted by Gasteiger charge is 2.24. The van der Waals surface area contributed by atoms with Crippen LogP contribution in [-0.2, 0) is 32.3 Å². The molecule has 0 fully saturated rings. The highest BCUT2D eigenvalue weighted by molar-refractivity contribution is 5.70. The van der Waals surface area contributed by atoms with E-state index in [9.17, 15) is 19.8 Å². The molecule has 0 aliphatic heterocycles. The van der Waals surface area contributed by atoms with Crippen LogP contribution in [0.25, 0.3) is 0 Å². The molecule has 2 rings (SSSR count).